The number of nitrogens with one attached hydrogen (secondary N) is 1. The summed E-state index contributed by atoms with van der Waals surface area (Å²) in [6.45, 7) is 0. The molecule has 30 heavy (non-hydrogen) atoms. The van der Waals surface area contributed by atoms with E-state index in [1.54, 1.807) is 40.8 Å². The number of fused-ring (bicyclic) bond motifs is 1. The summed E-state index contributed by atoms with van der Waals surface area (Å²) in [6, 6.07) is 12.2. The molecule has 156 valence electrons. The zero-order chi connectivity index (χ0) is 21.3. The number of alkyl halides is 2. The molecule has 1 aliphatic rings. The molecule has 0 atom stereocenters. The van der Waals surface area contributed by atoms with Crippen LogP contribution in [0.15, 0.2) is 48.7 Å². The zero-order valence-corrected chi connectivity index (χ0v) is 17.5. The first-order chi connectivity index (χ1) is 14.4. The molecular weight excluding hydrogens is 430 g/mol. The van der Waals surface area contributed by atoms with Crippen LogP contribution in [-0.4, -0.2) is 31.3 Å². The Balaban J connectivity index is 1.40. The van der Waals surface area contributed by atoms with Gasteiger partial charge in [0.15, 0.2) is 6.04 Å². The number of carbonyl (C=O) groups excluding carboxylic acids is 1. The minimum absolute atomic E-state index is 0.0287. The van der Waals surface area contributed by atoms with E-state index in [2.05, 4.69) is 10.3 Å². The largest absolute Gasteiger partial charge is 0.433 e. The van der Waals surface area contributed by atoms with Gasteiger partial charge < -0.3 is 5.32 Å². The molecule has 0 bridgehead atoms. The van der Waals surface area contributed by atoms with Crippen molar-refractivity contribution in [2.24, 2.45) is 0 Å². The van der Waals surface area contributed by atoms with Crippen molar-refractivity contribution in [3.63, 3.8) is 0 Å². The Bertz CT molecular complexity index is 1100. The fourth-order valence-electron chi connectivity index (χ4n) is 3.83. The number of hydrogen-bond donors (Lipinski definition) is 1. The number of halogens is 3. The standard InChI is InChI=1S/C21H20ClF2N4OS/c22-14-4-1-3-13(11-14)21(29)28(30)16-9-7-15(8-10-16)25-18-5-2-6-19-26-17(20(23)24)12-27(18)19/h1-6,11-12,15-16,20,25H,7-10H2/q+1. The van der Waals surface area contributed by atoms with Crippen LogP contribution in [0.5, 0.6) is 0 Å². The van der Waals surface area contributed by atoms with E-state index in [9.17, 15) is 13.6 Å². The van der Waals surface area contributed by atoms with Gasteiger partial charge in [0.05, 0.1) is 5.56 Å². The second-order valence-electron chi connectivity index (χ2n) is 7.40. The van der Waals surface area contributed by atoms with Crippen LogP contribution in [0.3, 0.4) is 0 Å². The van der Waals surface area contributed by atoms with E-state index in [0.717, 1.165) is 31.5 Å². The van der Waals surface area contributed by atoms with Gasteiger partial charge in [0.25, 0.3) is 18.9 Å². The molecule has 1 N–H and O–H groups in total. The molecule has 0 radical (unpaired) electrons. The minimum Gasteiger partial charge on any atom is -0.368 e. The maximum atomic E-state index is 13.0. The highest BCUT2D eigenvalue weighted by atomic mass is 35.5. The number of anilines is 1. The van der Waals surface area contributed by atoms with Gasteiger partial charge in [-0.3, -0.25) is 4.40 Å². The minimum atomic E-state index is -2.61. The number of imidazole rings is 1. The highest BCUT2D eigenvalue weighted by Crippen LogP contribution is 2.27. The first-order valence-corrected chi connectivity index (χ1v) is 10.5. The SMILES string of the molecule is O=C(c1cccc(Cl)c1)[N+](=S)C1CCC(Nc2cccc3nc(C(F)F)cn23)CC1. The first kappa shape index (κ1) is 20.8. The number of pyridine rings is 1. The van der Waals surface area contributed by atoms with E-state index < -0.39 is 6.43 Å². The second kappa shape index (κ2) is 8.73. The van der Waals surface area contributed by atoms with Crippen molar-refractivity contribution in [2.75, 3.05) is 5.32 Å². The van der Waals surface area contributed by atoms with Crippen LogP contribution in [0, 0.1) is 0 Å². The van der Waals surface area contributed by atoms with Crippen LogP contribution in [-0.2, 0) is 12.4 Å². The molecule has 0 aliphatic heterocycles. The van der Waals surface area contributed by atoms with Gasteiger partial charge in [-0.05, 0) is 43.2 Å². The Kier molecular flexibility index (Phi) is 6.06. The lowest BCUT2D eigenvalue weighted by Crippen LogP contribution is -2.37. The van der Waals surface area contributed by atoms with Gasteiger partial charge in [-0.25, -0.2) is 18.6 Å². The van der Waals surface area contributed by atoms with E-state index in [-0.39, 0.29) is 23.7 Å². The van der Waals surface area contributed by atoms with Crippen molar-refractivity contribution in [1.29, 1.82) is 0 Å². The lowest BCUT2D eigenvalue weighted by Gasteiger charge is -2.26. The smallest absolute Gasteiger partial charge is 0.368 e. The number of rotatable bonds is 5. The van der Waals surface area contributed by atoms with E-state index in [4.69, 9.17) is 24.0 Å². The van der Waals surface area contributed by atoms with Crippen LogP contribution >= 0.6 is 11.6 Å². The fraction of sp³-hybridized carbons (Fsp3) is 0.333. The molecular formula is C21H20ClF2N4OS+. The van der Waals surface area contributed by atoms with E-state index in [0.29, 0.717) is 16.2 Å². The number of nitrogens with zero attached hydrogens (tertiary/aromatic N) is 3. The third-order valence-corrected chi connectivity index (χ3v) is 6.09. The quantitative estimate of drug-likeness (QED) is 0.542. The van der Waals surface area contributed by atoms with Crippen LogP contribution in [0.2, 0.25) is 5.02 Å². The topological polar surface area (TPSA) is 49.4 Å². The summed E-state index contributed by atoms with van der Waals surface area (Å²) in [5.41, 5.74) is 0.724. The van der Waals surface area contributed by atoms with Gasteiger partial charge in [0, 0.05) is 30.1 Å². The molecule has 1 aromatic carbocycles. The lowest BCUT2D eigenvalue weighted by molar-refractivity contribution is -0.448. The molecule has 0 saturated heterocycles. The summed E-state index contributed by atoms with van der Waals surface area (Å²) in [5, 5.41) is 3.93. The summed E-state index contributed by atoms with van der Waals surface area (Å²) in [4.78, 5) is 16.6. The van der Waals surface area contributed by atoms with E-state index in [1.807, 2.05) is 6.07 Å². The first-order valence-electron chi connectivity index (χ1n) is 9.71. The molecule has 1 aliphatic carbocycles. The Labute approximate surface area is 182 Å². The number of aromatic nitrogens is 2. The highest BCUT2D eigenvalue weighted by molar-refractivity contribution is 7.44. The molecule has 1 fully saturated rings. The fourth-order valence-corrected chi connectivity index (χ4v) is 4.34. The lowest BCUT2D eigenvalue weighted by atomic mass is 9.91. The van der Waals surface area contributed by atoms with Crippen LogP contribution in [0.4, 0.5) is 14.6 Å². The van der Waals surface area contributed by atoms with Crippen LogP contribution in [0.1, 0.15) is 48.2 Å². The summed E-state index contributed by atoms with van der Waals surface area (Å²) < 4.78 is 29.0. The molecule has 1 amide bonds. The van der Waals surface area contributed by atoms with Crippen molar-refractivity contribution in [3.8, 4) is 0 Å². The number of benzene rings is 1. The van der Waals surface area contributed by atoms with E-state index in [1.165, 1.54) is 10.1 Å². The molecule has 1 saturated carbocycles. The monoisotopic (exact) mass is 449 g/mol. The summed E-state index contributed by atoms with van der Waals surface area (Å²) in [6.07, 6.45) is 1.90. The summed E-state index contributed by atoms with van der Waals surface area (Å²) in [5.74, 6) is 0.507. The Morgan fingerprint density at radius 2 is 1.93 bits per heavy atom. The van der Waals surface area contributed by atoms with Gasteiger partial charge >= 0.3 is 5.91 Å². The Morgan fingerprint density at radius 3 is 2.63 bits per heavy atom. The predicted molar refractivity (Wildman–Crippen MR) is 113 cm³/mol. The predicted octanol–water partition coefficient (Wildman–Crippen LogP) is 5.23. The molecule has 4 rings (SSSR count). The number of carbonyl (C=O) groups is 1. The molecule has 3 aromatic rings. The molecule has 2 heterocycles. The molecule has 5 nitrogen and oxygen atoms in total. The van der Waals surface area contributed by atoms with Crippen molar-refractivity contribution in [2.45, 2.75) is 44.2 Å². The Morgan fingerprint density at radius 1 is 1.20 bits per heavy atom. The summed E-state index contributed by atoms with van der Waals surface area (Å²) in [7, 11) is 0. The molecule has 0 unspecified atom stereocenters. The van der Waals surface area contributed by atoms with Gasteiger partial charge in [-0.15, -0.1) is 0 Å². The normalized spacial score (nSPS) is 19.2. The van der Waals surface area contributed by atoms with Crippen molar-refractivity contribution < 1.29 is 17.5 Å². The Hall–Kier alpha value is -2.45. The maximum Gasteiger partial charge on any atom is 0.433 e. The number of hydrogen-bond acceptors (Lipinski definition) is 4. The maximum absolute atomic E-state index is 13.0. The average Bonchev–Trinajstić information content (AvgIpc) is 3.19. The van der Waals surface area contributed by atoms with Gasteiger partial charge in [0.1, 0.15) is 17.2 Å². The van der Waals surface area contributed by atoms with Gasteiger partial charge in [-0.1, -0.05) is 27.7 Å². The molecule has 2 aromatic heterocycles. The van der Waals surface area contributed by atoms with Crippen LogP contribution in [0.25, 0.3) is 5.65 Å². The molecule has 9 heteroatoms. The second-order valence-corrected chi connectivity index (χ2v) is 8.23. The van der Waals surface area contributed by atoms with Gasteiger partial charge in [0.2, 0.25) is 0 Å². The van der Waals surface area contributed by atoms with Crippen molar-refractivity contribution in [1.82, 2.24) is 9.38 Å². The van der Waals surface area contributed by atoms with E-state index >= 15 is 0 Å². The van der Waals surface area contributed by atoms with Crippen molar-refractivity contribution >= 4 is 41.4 Å². The summed E-state index contributed by atoms with van der Waals surface area (Å²) >= 11 is 11.4. The van der Waals surface area contributed by atoms with Gasteiger partial charge in [-0.2, -0.15) is 0 Å². The average molecular weight is 450 g/mol. The van der Waals surface area contributed by atoms with Crippen LogP contribution < -0.4 is 5.32 Å². The zero-order valence-electron chi connectivity index (χ0n) is 16.0. The molecule has 0 spiro atoms. The highest BCUT2D eigenvalue weighted by Gasteiger charge is 2.34. The van der Waals surface area contributed by atoms with Crippen molar-refractivity contribution in [3.05, 3.63) is 64.9 Å². The third-order valence-electron chi connectivity index (χ3n) is 5.39. The number of amides is 1. The third kappa shape index (κ3) is 4.34.